The van der Waals surface area contributed by atoms with Crippen LogP contribution < -0.4 is 10.6 Å². The number of nitrogens with one attached hydrogen (secondary N) is 2. The Morgan fingerprint density at radius 3 is 2.55 bits per heavy atom. The van der Waals surface area contributed by atoms with Crippen LogP contribution in [0.1, 0.15) is 65.0 Å². The smallest absolute Gasteiger partial charge is 0.334 e. The summed E-state index contributed by atoms with van der Waals surface area (Å²) in [4.78, 5) is 64.9. The van der Waals surface area contributed by atoms with E-state index in [1.54, 1.807) is 4.90 Å². The molecule has 1 unspecified atom stereocenters. The molecule has 0 radical (unpaired) electrons. The SMILES string of the molecule is [2H][13C]([2H])([2H])[13C]([2H])([2H])[13CH2]C1CCC[15N]1[13CH2]C(=O)NCCC(=O)[15NH][13CH2][13CH2][13C](=O)ON1C(=O)CCC1=O. The summed E-state index contributed by atoms with van der Waals surface area (Å²) >= 11 is 0. The number of hydroxylamine groups is 2. The number of nitrogens with zero attached hydrogens (tertiary/aromatic N) is 2. The molecule has 2 N–H and O–H groups in total. The van der Waals surface area contributed by atoms with Gasteiger partial charge in [-0.2, -0.15) is 0 Å². The first-order valence-corrected chi connectivity index (χ1v) is 9.64. The van der Waals surface area contributed by atoms with Crippen LogP contribution in [0.2, 0.25) is 0 Å². The standard InChI is InChI=1S/C19H30N4O6/c1-2-4-14-5-3-12-22(14)13-16(25)21-10-8-15(24)20-11-9-19(28)29-23-17(26)6-7-18(23)27/h14H,2-13H2,1H3,(H,20,24)(H,21,25)/i1+1D3,2+1D2,4+1,9+1,11+1,13+1,19+1,20+1,22+1. The van der Waals surface area contributed by atoms with Gasteiger partial charge in [-0.3, -0.25) is 24.1 Å². The molecule has 0 aromatic heterocycles. The van der Waals surface area contributed by atoms with Gasteiger partial charge in [0.1, 0.15) is 0 Å². The molecule has 0 aliphatic carbocycles. The molecule has 0 spiro atoms. The van der Waals surface area contributed by atoms with Crippen LogP contribution in [0.5, 0.6) is 0 Å². The first kappa shape index (κ1) is 16.3. The highest BCUT2D eigenvalue weighted by Gasteiger charge is 2.32. The summed E-state index contributed by atoms with van der Waals surface area (Å²) < 4.78 is 37.6. The Balaban J connectivity index is 1.62. The molecule has 0 aromatic carbocycles. The summed E-state index contributed by atoms with van der Waals surface area (Å²) in [6.07, 6.45) is -1.50. The Labute approximate surface area is 177 Å². The van der Waals surface area contributed by atoms with E-state index in [0.29, 0.717) is 18.0 Å². The Kier molecular flexibility index (Phi) is 6.47. The minimum Gasteiger partial charge on any atom is -0.355 e. The van der Waals surface area contributed by atoms with Crippen molar-refractivity contribution in [2.75, 3.05) is 26.2 Å². The molecule has 0 saturated carbocycles. The largest absolute Gasteiger partial charge is 0.355 e. The van der Waals surface area contributed by atoms with Crippen molar-refractivity contribution < 1.29 is 35.7 Å². The van der Waals surface area contributed by atoms with Gasteiger partial charge in [-0.05, 0) is 25.8 Å². The van der Waals surface area contributed by atoms with Crippen LogP contribution in [0.25, 0.3) is 0 Å². The third-order valence-corrected chi connectivity index (χ3v) is 4.71. The maximum Gasteiger partial charge on any atom is 0.334 e. The second-order valence-electron chi connectivity index (χ2n) is 6.89. The zero-order chi connectivity index (χ0) is 25.5. The molecule has 10 heteroatoms. The number of rotatable bonds is 11. The Morgan fingerprint density at radius 1 is 1.14 bits per heavy atom. The third-order valence-electron chi connectivity index (χ3n) is 4.71. The summed E-state index contributed by atoms with van der Waals surface area (Å²) in [6, 6.07) is -0.352. The minimum atomic E-state index is -2.74. The van der Waals surface area contributed by atoms with E-state index in [9.17, 15) is 24.0 Å². The third kappa shape index (κ3) is 7.45. The first-order chi connectivity index (χ1) is 15.8. The van der Waals surface area contributed by atoms with Crippen molar-refractivity contribution in [3.8, 4) is 0 Å². The maximum absolute atomic E-state index is 12.2. The van der Waals surface area contributed by atoms with Crippen LogP contribution in [-0.4, -0.2) is 71.8 Å². The van der Waals surface area contributed by atoms with Gasteiger partial charge in [-0.15, -0.1) is 5.06 Å². The lowest BCUT2D eigenvalue weighted by atomic mass is 10.3. The first-order valence-electron chi connectivity index (χ1n) is 12.1. The number of hydrogen-bond acceptors (Lipinski definition) is 7. The lowest BCUT2D eigenvalue weighted by Gasteiger charge is -2.23. The van der Waals surface area contributed by atoms with Crippen molar-refractivity contribution in [1.29, 1.82) is 0 Å². The fourth-order valence-electron chi connectivity index (χ4n) is 3.21. The van der Waals surface area contributed by atoms with Crippen LogP contribution in [0.15, 0.2) is 0 Å². The number of likely N-dealkylation sites (tertiary alicyclic amines) is 1. The van der Waals surface area contributed by atoms with E-state index in [1.807, 2.05) is 0 Å². The summed E-state index contributed by atoms with van der Waals surface area (Å²) in [6.45, 7) is -2.23. The number of hydrogen-bond donors (Lipinski definition) is 2. The predicted molar refractivity (Wildman–Crippen MR) is 102 cm³/mol. The van der Waals surface area contributed by atoms with Crippen LogP contribution in [-0.2, 0) is 28.8 Å². The van der Waals surface area contributed by atoms with Crippen molar-refractivity contribution in [2.24, 2.45) is 0 Å². The van der Waals surface area contributed by atoms with Crippen molar-refractivity contribution in [3.05, 3.63) is 0 Å². The van der Waals surface area contributed by atoms with Crippen LogP contribution in [0, 0.1) is 0 Å². The van der Waals surface area contributed by atoms with Gasteiger partial charge in [0, 0.05) is 45.2 Å². The van der Waals surface area contributed by atoms with E-state index >= 15 is 0 Å². The van der Waals surface area contributed by atoms with Crippen molar-refractivity contribution in [2.45, 2.75) is 64.2 Å². The molecule has 0 aromatic rings. The number of carbonyl (C=O) groups is 5. The fourth-order valence-corrected chi connectivity index (χ4v) is 3.21. The highest BCUT2D eigenvalue weighted by molar-refractivity contribution is 6.01. The average Bonchev–Trinajstić information content (AvgIpc) is 3.27. The second-order valence-corrected chi connectivity index (χ2v) is 6.89. The van der Waals surface area contributed by atoms with Gasteiger partial charge in [-0.25, -0.2) is 4.79 Å². The molecule has 4 amide bonds. The quantitative estimate of drug-likeness (QED) is 0.269. The van der Waals surface area contributed by atoms with E-state index < -0.39 is 36.9 Å². The van der Waals surface area contributed by atoms with Crippen LogP contribution in [0.4, 0.5) is 0 Å². The Hall–Kier alpha value is -2.49. The molecular weight excluding hydrogens is 389 g/mol. The molecule has 2 aliphatic rings. The Morgan fingerprint density at radius 2 is 1.83 bits per heavy atom. The van der Waals surface area contributed by atoms with Crippen molar-refractivity contribution in [3.63, 3.8) is 0 Å². The van der Waals surface area contributed by atoms with E-state index in [-0.39, 0.29) is 63.7 Å². The number of amides is 4. The molecule has 10 nitrogen and oxygen atoms in total. The van der Waals surface area contributed by atoms with Gasteiger partial charge >= 0.3 is 5.97 Å². The van der Waals surface area contributed by atoms with Crippen LogP contribution in [0.3, 0.4) is 0 Å². The monoisotopic (exact) mass is 424 g/mol. The number of carbonyl (C=O) groups excluding carboxylic acids is 5. The second kappa shape index (κ2) is 11.5. The maximum atomic E-state index is 12.2. The molecule has 1 atom stereocenters. The van der Waals surface area contributed by atoms with E-state index in [1.165, 1.54) is 0 Å². The molecule has 29 heavy (non-hydrogen) atoms. The van der Waals surface area contributed by atoms with Gasteiger partial charge < -0.3 is 15.5 Å². The summed E-state index contributed by atoms with van der Waals surface area (Å²) in [5.41, 5.74) is 0. The average molecular weight is 424 g/mol. The zero-order valence-electron chi connectivity index (χ0n) is 21.2. The van der Waals surface area contributed by atoms with Crippen molar-refractivity contribution in [1.82, 2.24) is 20.6 Å². The highest BCUT2D eigenvalue weighted by Crippen LogP contribution is 2.20. The van der Waals surface area contributed by atoms with Crippen molar-refractivity contribution >= 4 is 29.6 Å². The van der Waals surface area contributed by atoms with E-state index in [4.69, 9.17) is 6.85 Å². The Bertz CT molecular complexity index is 791. The molecule has 2 fully saturated rings. The molecule has 0 bridgehead atoms. The zero-order valence-corrected chi connectivity index (χ0v) is 16.2. The summed E-state index contributed by atoms with van der Waals surface area (Å²) in [5.74, 6) is -2.80. The highest BCUT2D eigenvalue weighted by atomic mass is 16.8. The molecule has 162 valence electrons. The number of imide groups is 1. The molecular formula is C19H30N4O6. The lowest BCUT2D eigenvalue weighted by molar-refractivity contribution is -0.197. The topological polar surface area (TPSA) is 125 Å². The normalized spacial score (nSPS) is 23.0. The van der Waals surface area contributed by atoms with Gasteiger partial charge in [0.05, 0.1) is 13.0 Å². The predicted octanol–water partition coefficient (Wildman–Crippen LogP) is -0.129. The van der Waals surface area contributed by atoms with E-state index in [0.717, 1.165) is 6.42 Å². The molecule has 2 saturated heterocycles. The van der Waals surface area contributed by atoms with Crippen LogP contribution >= 0.6 is 0 Å². The van der Waals surface area contributed by atoms with Gasteiger partial charge in [0.15, 0.2) is 0 Å². The molecule has 2 rings (SSSR count). The van der Waals surface area contributed by atoms with Gasteiger partial charge in [0.2, 0.25) is 11.8 Å². The van der Waals surface area contributed by atoms with E-state index in [2.05, 4.69) is 15.5 Å². The minimum absolute atomic E-state index is 0.00947. The van der Waals surface area contributed by atoms with Gasteiger partial charge in [0.25, 0.3) is 11.8 Å². The lowest BCUT2D eigenvalue weighted by Crippen LogP contribution is -2.41. The fraction of sp³-hybridized carbons (Fsp3) is 0.737. The molecule has 2 heterocycles. The molecule has 2 aliphatic heterocycles. The van der Waals surface area contributed by atoms with Gasteiger partial charge in [-0.1, -0.05) is 13.2 Å². The summed E-state index contributed by atoms with van der Waals surface area (Å²) in [7, 11) is 0. The summed E-state index contributed by atoms with van der Waals surface area (Å²) in [5, 5.41) is 5.49.